The van der Waals surface area contributed by atoms with Crippen molar-refractivity contribution in [3.8, 4) is 0 Å². The number of nitrogen functional groups attached to an aromatic ring is 1. The maximum atomic E-state index is 12.1. The Balaban J connectivity index is 2.02. The molecule has 1 aliphatic rings. The fourth-order valence-corrected chi connectivity index (χ4v) is 2.86. The summed E-state index contributed by atoms with van der Waals surface area (Å²) in [6.45, 7) is 8.16. The molecule has 7 heteroatoms. The molecule has 1 amide bonds. The summed E-state index contributed by atoms with van der Waals surface area (Å²) < 4.78 is 0. The molecule has 2 heterocycles. The number of rotatable bonds is 4. The summed E-state index contributed by atoms with van der Waals surface area (Å²) in [7, 11) is 0. The molecule has 0 aromatic carbocycles. The molecule has 0 radical (unpaired) electrons. The molecule has 0 unspecified atom stereocenters. The molecule has 1 aromatic rings. The van der Waals surface area contributed by atoms with Gasteiger partial charge in [-0.2, -0.15) is 0 Å². The van der Waals surface area contributed by atoms with Crippen LogP contribution in [0.1, 0.15) is 23.5 Å². The maximum Gasteiger partial charge on any atom is 0.265 e. The number of anilines is 2. The lowest BCUT2D eigenvalue weighted by molar-refractivity contribution is 0.0962. The lowest BCUT2D eigenvalue weighted by atomic mass is 10.3. The number of aromatic nitrogens is 1. The largest absolute Gasteiger partial charge is 0.382 e. The predicted molar refractivity (Wildman–Crippen MR) is 83.4 cm³/mol. The first-order valence-electron chi connectivity index (χ1n) is 6.71. The van der Waals surface area contributed by atoms with Gasteiger partial charge in [-0.1, -0.05) is 23.0 Å². The second-order valence-electron chi connectivity index (χ2n) is 4.94. The highest BCUT2D eigenvalue weighted by Crippen LogP contribution is 2.28. The van der Waals surface area contributed by atoms with Crippen LogP contribution in [0.4, 0.5) is 10.9 Å². The summed E-state index contributed by atoms with van der Waals surface area (Å²) in [5.74, 6) is 0.164. The van der Waals surface area contributed by atoms with E-state index in [9.17, 15) is 4.79 Å². The van der Waals surface area contributed by atoms with Gasteiger partial charge in [0.15, 0.2) is 5.13 Å². The van der Waals surface area contributed by atoms with Crippen LogP contribution in [0.15, 0.2) is 11.6 Å². The highest BCUT2D eigenvalue weighted by atomic mass is 32.1. The molecule has 110 valence electrons. The SMILES string of the molecule is CC(C)=CCNC(=O)c1sc(N2CCNCC2)nc1N. The molecular formula is C13H21N5OS. The number of allylic oxidation sites excluding steroid dienone is 1. The van der Waals surface area contributed by atoms with Crippen molar-refractivity contribution in [1.29, 1.82) is 0 Å². The minimum absolute atomic E-state index is 0.154. The van der Waals surface area contributed by atoms with Crippen LogP contribution in [0.2, 0.25) is 0 Å². The van der Waals surface area contributed by atoms with E-state index in [1.807, 2.05) is 19.9 Å². The normalized spacial score (nSPS) is 15.0. The van der Waals surface area contributed by atoms with Crippen molar-refractivity contribution in [2.45, 2.75) is 13.8 Å². The topological polar surface area (TPSA) is 83.3 Å². The zero-order valence-electron chi connectivity index (χ0n) is 11.9. The van der Waals surface area contributed by atoms with Gasteiger partial charge in [0.1, 0.15) is 10.7 Å². The molecular weight excluding hydrogens is 274 g/mol. The first kappa shape index (κ1) is 14.8. The fraction of sp³-hybridized carbons (Fsp3) is 0.538. The van der Waals surface area contributed by atoms with E-state index in [0.717, 1.165) is 31.3 Å². The third-order valence-corrected chi connectivity index (χ3v) is 4.14. The van der Waals surface area contributed by atoms with Crippen molar-refractivity contribution >= 4 is 28.2 Å². The number of nitrogens with one attached hydrogen (secondary N) is 2. The summed E-state index contributed by atoms with van der Waals surface area (Å²) in [6.07, 6.45) is 1.96. The van der Waals surface area contributed by atoms with Crippen LogP contribution in [0.25, 0.3) is 0 Å². The average molecular weight is 295 g/mol. The van der Waals surface area contributed by atoms with E-state index in [1.165, 1.54) is 16.9 Å². The highest BCUT2D eigenvalue weighted by molar-refractivity contribution is 7.18. The Bertz CT molecular complexity index is 501. The first-order chi connectivity index (χ1) is 9.58. The molecule has 4 N–H and O–H groups in total. The van der Waals surface area contributed by atoms with E-state index in [0.29, 0.717) is 17.2 Å². The monoisotopic (exact) mass is 295 g/mol. The number of nitrogens with zero attached hydrogens (tertiary/aromatic N) is 2. The number of thiazole rings is 1. The number of nitrogens with two attached hydrogens (primary N) is 1. The minimum atomic E-state index is -0.154. The van der Waals surface area contributed by atoms with Crippen LogP contribution in [-0.2, 0) is 0 Å². The quantitative estimate of drug-likeness (QED) is 0.717. The van der Waals surface area contributed by atoms with Gasteiger partial charge in [-0.25, -0.2) is 4.98 Å². The molecule has 20 heavy (non-hydrogen) atoms. The van der Waals surface area contributed by atoms with E-state index in [2.05, 4.69) is 20.5 Å². The van der Waals surface area contributed by atoms with Gasteiger partial charge in [-0.15, -0.1) is 0 Å². The molecule has 0 saturated carbocycles. The van der Waals surface area contributed by atoms with Crippen molar-refractivity contribution in [2.75, 3.05) is 43.4 Å². The van der Waals surface area contributed by atoms with Gasteiger partial charge < -0.3 is 21.3 Å². The minimum Gasteiger partial charge on any atom is -0.382 e. The van der Waals surface area contributed by atoms with Crippen LogP contribution in [-0.4, -0.2) is 43.6 Å². The van der Waals surface area contributed by atoms with E-state index < -0.39 is 0 Å². The molecule has 0 spiro atoms. The molecule has 0 bridgehead atoms. The third kappa shape index (κ3) is 3.71. The van der Waals surface area contributed by atoms with Gasteiger partial charge in [0.05, 0.1) is 0 Å². The lowest BCUT2D eigenvalue weighted by Crippen LogP contribution is -2.43. The smallest absolute Gasteiger partial charge is 0.265 e. The van der Waals surface area contributed by atoms with Gasteiger partial charge in [0.2, 0.25) is 0 Å². The standard InChI is InChI=1S/C13H21N5OS/c1-9(2)3-4-16-12(19)10-11(14)17-13(20-10)18-7-5-15-6-8-18/h3,15H,4-8,14H2,1-2H3,(H,16,19). The van der Waals surface area contributed by atoms with Crippen molar-refractivity contribution < 1.29 is 4.79 Å². The van der Waals surface area contributed by atoms with Gasteiger partial charge >= 0.3 is 0 Å². The Morgan fingerprint density at radius 1 is 1.50 bits per heavy atom. The van der Waals surface area contributed by atoms with E-state index in [1.54, 1.807) is 0 Å². The second-order valence-corrected chi connectivity index (χ2v) is 5.92. The number of hydrogen-bond acceptors (Lipinski definition) is 6. The Hall–Kier alpha value is -1.60. The van der Waals surface area contributed by atoms with E-state index >= 15 is 0 Å². The molecule has 1 aliphatic heterocycles. The summed E-state index contributed by atoms with van der Waals surface area (Å²) in [4.78, 5) is 19.0. The molecule has 0 aliphatic carbocycles. The summed E-state index contributed by atoms with van der Waals surface area (Å²) in [6, 6.07) is 0. The van der Waals surface area contributed by atoms with Gasteiger partial charge in [-0.05, 0) is 13.8 Å². The fourth-order valence-electron chi connectivity index (χ4n) is 1.90. The van der Waals surface area contributed by atoms with E-state index in [-0.39, 0.29) is 5.91 Å². The van der Waals surface area contributed by atoms with Crippen LogP contribution in [0, 0.1) is 0 Å². The summed E-state index contributed by atoms with van der Waals surface area (Å²) >= 11 is 1.36. The molecule has 1 saturated heterocycles. The van der Waals surface area contributed by atoms with Gasteiger partial charge in [0.25, 0.3) is 5.91 Å². The number of hydrogen-bond donors (Lipinski definition) is 3. The molecule has 0 atom stereocenters. The Morgan fingerprint density at radius 3 is 2.85 bits per heavy atom. The van der Waals surface area contributed by atoms with Crippen LogP contribution < -0.4 is 21.3 Å². The average Bonchev–Trinajstić information content (AvgIpc) is 2.81. The van der Waals surface area contributed by atoms with Crippen molar-refractivity contribution in [1.82, 2.24) is 15.6 Å². The molecule has 1 aromatic heterocycles. The number of carbonyl (C=O) groups is 1. The Kier molecular flexibility index (Phi) is 4.97. The number of amides is 1. The number of carbonyl (C=O) groups excluding carboxylic acids is 1. The highest BCUT2D eigenvalue weighted by Gasteiger charge is 2.20. The number of piperazine rings is 1. The lowest BCUT2D eigenvalue weighted by Gasteiger charge is -2.26. The summed E-state index contributed by atoms with van der Waals surface area (Å²) in [5, 5.41) is 6.95. The maximum absolute atomic E-state index is 12.1. The molecule has 2 rings (SSSR count). The Morgan fingerprint density at radius 2 is 2.20 bits per heavy atom. The van der Waals surface area contributed by atoms with E-state index in [4.69, 9.17) is 5.73 Å². The predicted octanol–water partition coefficient (Wildman–Crippen LogP) is 0.831. The van der Waals surface area contributed by atoms with Gasteiger partial charge in [-0.3, -0.25) is 4.79 Å². The zero-order chi connectivity index (χ0) is 14.5. The van der Waals surface area contributed by atoms with Crippen LogP contribution in [0.5, 0.6) is 0 Å². The van der Waals surface area contributed by atoms with Crippen LogP contribution in [0.3, 0.4) is 0 Å². The van der Waals surface area contributed by atoms with Crippen molar-refractivity contribution in [3.05, 3.63) is 16.5 Å². The molecule has 1 fully saturated rings. The zero-order valence-corrected chi connectivity index (χ0v) is 12.7. The van der Waals surface area contributed by atoms with Gasteiger partial charge in [0, 0.05) is 32.7 Å². The Labute approximate surface area is 123 Å². The van der Waals surface area contributed by atoms with Crippen LogP contribution >= 0.6 is 11.3 Å². The van der Waals surface area contributed by atoms with Crippen molar-refractivity contribution in [3.63, 3.8) is 0 Å². The third-order valence-electron chi connectivity index (χ3n) is 3.01. The first-order valence-corrected chi connectivity index (χ1v) is 7.53. The van der Waals surface area contributed by atoms with Crippen molar-refractivity contribution in [2.24, 2.45) is 0 Å². The molecule has 6 nitrogen and oxygen atoms in total. The summed E-state index contributed by atoms with van der Waals surface area (Å²) in [5.41, 5.74) is 7.03. The second kappa shape index (κ2) is 6.71.